The van der Waals surface area contributed by atoms with Crippen molar-refractivity contribution in [3.63, 3.8) is 0 Å². The molecule has 0 amide bonds. The van der Waals surface area contributed by atoms with Crippen LogP contribution in [0.25, 0.3) is 0 Å². The van der Waals surface area contributed by atoms with Crippen LogP contribution in [0.1, 0.15) is 43.2 Å². The minimum atomic E-state index is 0.654. The van der Waals surface area contributed by atoms with Crippen LogP contribution in [-0.2, 0) is 6.42 Å². The van der Waals surface area contributed by atoms with Crippen molar-refractivity contribution in [1.29, 1.82) is 0 Å². The second-order valence-electron chi connectivity index (χ2n) is 5.56. The summed E-state index contributed by atoms with van der Waals surface area (Å²) >= 11 is 0. The predicted octanol–water partition coefficient (Wildman–Crippen LogP) is 3.71. The lowest BCUT2D eigenvalue weighted by Gasteiger charge is -2.20. The van der Waals surface area contributed by atoms with Crippen LogP contribution in [0, 0.1) is 12.8 Å². The second-order valence-corrected chi connectivity index (χ2v) is 5.56. The van der Waals surface area contributed by atoms with E-state index in [1.807, 2.05) is 0 Å². The molecule has 0 heterocycles. The Morgan fingerprint density at radius 2 is 1.82 bits per heavy atom. The molecule has 1 N–H and O–H groups in total. The monoisotopic (exact) mass is 231 g/mol. The van der Waals surface area contributed by atoms with E-state index in [0.29, 0.717) is 6.04 Å². The molecule has 0 radical (unpaired) electrons. The zero-order valence-electron chi connectivity index (χ0n) is 11.2. The Hall–Kier alpha value is -0.820. The molecule has 0 spiro atoms. The van der Waals surface area contributed by atoms with Crippen LogP contribution < -0.4 is 5.32 Å². The number of benzene rings is 1. The van der Waals surface area contributed by atoms with E-state index in [0.717, 1.165) is 5.92 Å². The molecule has 1 fully saturated rings. The maximum atomic E-state index is 3.49. The number of nitrogens with one attached hydrogen (secondary N) is 1. The summed E-state index contributed by atoms with van der Waals surface area (Å²) in [5.74, 6) is 0.970. The molecular weight excluding hydrogens is 206 g/mol. The number of rotatable bonds is 5. The predicted molar refractivity (Wildman–Crippen MR) is 74.3 cm³/mol. The maximum absolute atomic E-state index is 3.49. The maximum Gasteiger partial charge on any atom is 0.0107 e. The van der Waals surface area contributed by atoms with E-state index in [2.05, 4.69) is 43.6 Å². The zero-order valence-corrected chi connectivity index (χ0v) is 11.2. The molecule has 1 aromatic carbocycles. The molecule has 1 aliphatic rings. The average molecular weight is 231 g/mol. The third-order valence-electron chi connectivity index (χ3n) is 4.10. The highest BCUT2D eigenvalue weighted by Crippen LogP contribution is 2.29. The first-order valence-corrected chi connectivity index (χ1v) is 7.00. The lowest BCUT2D eigenvalue weighted by Crippen LogP contribution is -2.29. The van der Waals surface area contributed by atoms with Gasteiger partial charge in [0.2, 0.25) is 0 Å². The lowest BCUT2D eigenvalue weighted by atomic mass is 9.94. The largest absolute Gasteiger partial charge is 0.317 e. The zero-order chi connectivity index (χ0) is 12.1. The summed E-state index contributed by atoms with van der Waals surface area (Å²) < 4.78 is 0. The van der Waals surface area contributed by atoms with Crippen LogP contribution in [0.2, 0.25) is 0 Å². The van der Waals surface area contributed by atoms with E-state index in [1.165, 1.54) is 49.7 Å². The van der Waals surface area contributed by atoms with Crippen LogP contribution in [-0.4, -0.2) is 13.1 Å². The summed E-state index contributed by atoms with van der Waals surface area (Å²) in [6.45, 7) is 2.15. The van der Waals surface area contributed by atoms with Crippen LogP contribution in [0.3, 0.4) is 0 Å². The summed E-state index contributed by atoms with van der Waals surface area (Å²) in [5.41, 5.74) is 2.82. The molecule has 1 atom stereocenters. The van der Waals surface area contributed by atoms with Crippen LogP contribution >= 0.6 is 0 Å². The number of hydrogen-bond donors (Lipinski definition) is 1. The van der Waals surface area contributed by atoms with Crippen molar-refractivity contribution >= 4 is 0 Å². The Bertz CT molecular complexity index is 322. The standard InChI is InChI=1S/C16H25N/c1-13-7-9-15(10-8-13)12-16(17-2)11-14-5-3-4-6-14/h7-10,14,16-17H,3-6,11-12H2,1-2H3. The van der Waals surface area contributed by atoms with Crippen molar-refractivity contribution in [2.75, 3.05) is 7.05 Å². The molecule has 1 aliphatic carbocycles. The van der Waals surface area contributed by atoms with Gasteiger partial charge >= 0.3 is 0 Å². The number of hydrogen-bond acceptors (Lipinski definition) is 1. The van der Waals surface area contributed by atoms with Gasteiger partial charge in [-0.25, -0.2) is 0 Å². The molecule has 0 aromatic heterocycles. The Morgan fingerprint density at radius 1 is 1.18 bits per heavy atom. The van der Waals surface area contributed by atoms with Crippen molar-refractivity contribution in [2.45, 2.75) is 51.5 Å². The summed E-state index contributed by atoms with van der Waals surface area (Å²) in [7, 11) is 2.10. The van der Waals surface area contributed by atoms with Crippen LogP contribution in [0.4, 0.5) is 0 Å². The Kier molecular flexibility index (Phi) is 4.61. The number of likely N-dealkylation sites (N-methyl/N-ethyl adjacent to an activating group) is 1. The van der Waals surface area contributed by atoms with E-state index in [1.54, 1.807) is 0 Å². The molecule has 1 nitrogen and oxygen atoms in total. The van der Waals surface area contributed by atoms with Crippen molar-refractivity contribution in [2.24, 2.45) is 5.92 Å². The molecular formula is C16H25N. The molecule has 0 bridgehead atoms. The minimum absolute atomic E-state index is 0.654. The Morgan fingerprint density at radius 3 is 2.41 bits per heavy atom. The highest BCUT2D eigenvalue weighted by Gasteiger charge is 2.19. The van der Waals surface area contributed by atoms with Crippen LogP contribution in [0.15, 0.2) is 24.3 Å². The van der Waals surface area contributed by atoms with Crippen molar-refractivity contribution in [3.8, 4) is 0 Å². The van der Waals surface area contributed by atoms with Gasteiger partial charge in [0, 0.05) is 6.04 Å². The molecule has 0 saturated heterocycles. The van der Waals surface area contributed by atoms with Gasteiger partial charge in [-0.1, -0.05) is 55.5 Å². The highest BCUT2D eigenvalue weighted by molar-refractivity contribution is 5.22. The summed E-state index contributed by atoms with van der Waals surface area (Å²) in [4.78, 5) is 0. The van der Waals surface area contributed by atoms with E-state index < -0.39 is 0 Å². The van der Waals surface area contributed by atoms with Crippen LogP contribution in [0.5, 0.6) is 0 Å². The van der Waals surface area contributed by atoms with Gasteiger partial charge in [0.15, 0.2) is 0 Å². The van der Waals surface area contributed by atoms with E-state index in [-0.39, 0.29) is 0 Å². The molecule has 94 valence electrons. The smallest absolute Gasteiger partial charge is 0.0107 e. The molecule has 0 aliphatic heterocycles. The van der Waals surface area contributed by atoms with Gasteiger partial charge in [-0.05, 0) is 38.3 Å². The van der Waals surface area contributed by atoms with Crippen molar-refractivity contribution in [3.05, 3.63) is 35.4 Å². The summed E-state index contributed by atoms with van der Waals surface area (Å²) in [5, 5.41) is 3.49. The van der Waals surface area contributed by atoms with Gasteiger partial charge < -0.3 is 5.32 Å². The first-order chi connectivity index (χ1) is 8.28. The van der Waals surface area contributed by atoms with Gasteiger partial charge in [0.05, 0.1) is 0 Å². The molecule has 1 unspecified atom stereocenters. The van der Waals surface area contributed by atoms with Crippen molar-refractivity contribution in [1.82, 2.24) is 5.32 Å². The third kappa shape index (κ3) is 3.85. The molecule has 1 saturated carbocycles. The lowest BCUT2D eigenvalue weighted by molar-refractivity contribution is 0.402. The first-order valence-electron chi connectivity index (χ1n) is 7.00. The molecule has 1 heteroatoms. The highest BCUT2D eigenvalue weighted by atomic mass is 14.9. The van der Waals surface area contributed by atoms with Gasteiger partial charge in [0.25, 0.3) is 0 Å². The first kappa shape index (κ1) is 12.6. The van der Waals surface area contributed by atoms with E-state index in [9.17, 15) is 0 Å². The van der Waals surface area contributed by atoms with E-state index in [4.69, 9.17) is 0 Å². The molecule has 17 heavy (non-hydrogen) atoms. The van der Waals surface area contributed by atoms with E-state index >= 15 is 0 Å². The SMILES string of the molecule is CNC(Cc1ccc(C)cc1)CC1CCCC1. The average Bonchev–Trinajstić information content (AvgIpc) is 2.84. The third-order valence-corrected chi connectivity index (χ3v) is 4.10. The number of aryl methyl sites for hydroxylation is 1. The molecule has 2 rings (SSSR count). The fraction of sp³-hybridized carbons (Fsp3) is 0.625. The Labute approximate surface area is 106 Å². The fourth-order valence-electron chi connectivity index (χ4n) is 2.96. The van der Waals surface area contributed by atoms with Gasteiger partial charge in [-0.3, -0.25) is 0 Å². The fourth-order valence-corrected chi connectivity index (χ4v) is 2.96. The van der Waals surface area contributed by atoms with Crippen molar-refractivity contribution < 1.29 is 0 Å². The van der Waals surface area contributed by atoms with Gasteiger partial charge in [0.1, 0.15) is 0 Å². The quantitative estimate of drug-likeness (QED) is 0.814. The molecule has 1 aromatic rings. The normalized spacial score (nSPS) is 18.5. The summed E-state index contributed by atoms with van der Waals surface area (Å²) in [6, 6.07) is 9.64. The second kappa shape index (κ2) is 6.20. The topological polar surface area (TPSA) is 12.0 Å². The van der Waals surface area contributed by atoms with Gasteiger partial charge in [-0.15, -0.1) is 0 Å². The minimum Gasteiger partial charge on any atom is -0.317 e. The Balaban J connectivity index is 1.87. The summed E-state index contributed by atoms with van der Waals surface area (Å²) in [6.07, 6.45) is 8.33. The van der Waals surface area contributed by atoms with Gasteiger partial charge in [-0.2, -0.15) is 0 Å².